The first kappa shape index (κ1) is 19.5. The fourth-order valence-electron chi connectivity index (χ4n) is 2.65. The van der Waals surface area contributed by atoms with Crippen molar-refractivity contribution >= 4 is 37.0 Å². The zero-order chi connectivity index (χ0) is 19.3. The number of aliphatic hydroxyl groups excluding tert-OH is 1. The van der Waals surface area contributed by atoms with Crippen LogP contribution in [0.25, 0.3) is 11.2 Å². The van der Waals surface area contributed by atoms with Crippen LogP contribution in [0.3, 0.4) is 0 Å². The average molecular weight is 400 g/mol. The minimum Gasteiger partial charge on any atom is -0.414 e. The lowest BCUT2D eigenvalue weighted by atomic mass is 10.2. The summed E-state index contributed by atoms with van der Waals surface area (Å²) < 4.78 is 14.0. The van der Waals surface area contributed by atoms with E-state index in [1.165, 1.54) is 0 Å². The smallest absolute Gasteiger partial charge is 0.223 e. The molecule has 3 N–H and O–H groups in total. The Labute approximate surface area is 158 Å². The van der Waals surface area contributed by atoms with Gasteiger partial charge in [-0.2, -0.15) is 9.97 Å². The van der Waals surface area contributed by atoms with Gasteiger partial charge in [-0.25, -0.2) is 4.98 Å². The third-order valence-corrected chi connectivity index (χ3v) is 10.1. The monoisotopic (exact) mass is 399 g/mol. The number of nitrogen functional groups attached to an aromatic ring is 1. The number of anilines is 1. The number of nitrogens with zero attached hydrogens (tertiary/aromatic N) is 4. The number of aromatic nitrogens is 4. The van der Waals surface area contributed by atoms with Gasteiger partial charge < -0.3 is 20.0 Å². The highest BCUT2D eigenvalue weighted by atomic mass is 35.5. The Morgan fingerprint density at radius 3 is 2.77 bits per heavy atom. The second-order valence-electron chi connectivity index (χ2n) is 8.20. The third kappa shape index (κ3) is 3.59. The second-order valence-corrected chi connectivity index (χ2v) is 13.4. The summed E-state index contributed by atoms with van der Waals surface area (Å²) in [7, 11) is -1.91. The molecule has 8 nitrogen and oxygen atoms in total. The molecule has 0 aromatic carbocycles. The molecule has 0 spiro atoms. The SMILES string of the molecule is CC(C)(C)[Si](C)(C)OC[C@H]1O[C@@H](n2cnc3c(Cl)nc(N)nc32)C[C@@H]1O. The molecular formula is C16H26ClN5O3Si. The summed E-state index contributed by atoms with van der Waals surface area (Å²) in [6, 6.07) is 0. The second kappa shape index (κ2) is 6.72. The highest BCUT2D eigenvalue weighted by Crippen LogP contribution is 2.38. The summed E-state index contributed by atoms with van der Waals surface area (Å²) in [5, 5.41) is 10.7. The standard InChI is InChI=1S/C16H26ClN5O3Si/c1-16(2,3)26(4,5)24-7-10-9(23)6-11(25-10)22-8-19-12-13(17)20-15(18)21-14(12)22/h8-11,23H,6-7H2,1-5H3,(H2,18,20,21)/t9-,10+,11+/m0/s1. The molecule has 3 rings (SSSR count). The molecule has 0 aliphatic carbocycles. The molecule has 26 heavy (non-hydrogen) atoms. The lowest BCUT2D eigenvalue weighted by Crippen LogP contribution is -2.43. The summed E-state index contributed by atoms with van der Waals surface area (Å²) in [4.78, 5) is 12.3. The molecule has 1 fully saturated rings. The number of hydrogen-bond acceptors (Lipinski definition) is 7. The molecule has 0 amide bonds. The van der Waals surface area contributed by atoms with Crippen LogP contribution in [-0.4, -0.2) is 51.8 Å². The Kier molecular flexibility index (Phi) is 5.04. The molecule has 1 aliphatic rings. The van der Waals surface area contributed by atoms with Crippen molar-refractivity contribution < 1.29 is 14.3 Å². The molecule has 1 aliphatic heterocycles. The molecular weight excluding hydrogens is 374 g/mol. The number of nitrogens with two attached hydrogens (primary N) is 1. The minimum absolute atomic E-state index is 0.0700. The first-order valence-corrected chi connectivity index (χ1v) is 11.9. The van der Waals surface area contributed by atoms with E-state index >= 15 is 0 Å². The maximum Gasteiger partial charge on any atom is 0.223 e. The molecule has 1 saturated heterocycles. The molecule has 0 bridgehead atoms. The number of imidazole rings is 1. The van der Waals surface area contributed by atoms with Crippen LogP contribution < -0.4 is 5.73 Å². The van der Waals surface area contributed by atoms with Crippen LogP contribution in [0.15, 0.2) is 6.33 Å². The van der Waals surface area contributed by atoms with Crippen molar-refractivity contribution in [2.75, 3.05) is 12.3 Å². The van der Waals surface area contributed by atoms with Crippen molar-refractivity contribution in [1.82, 2.24) is 19.5 Å². The Hall–Kier alpha value is -1.26. The van der Waals surface area contributed by atoms with Gasteiger partial charge >= 0.3 is 0 Å². The average Bonchev–Trinajstić information content (AvgIpc) is 3.07. The first-order chi connectivity index (χ1) is 12.0. The topological polar surface area (TPSA) is 108 Å². The van der Waals surface area contributed by atoms with Gasteiger partial charge in [-0.1, -0.05) is 32.4 Å². The maximum absolute atomic E-state index is 10.4. The Morgan fingerprint density at radius 2 is 2.12 bits per heavy atom. The molecule has 2 aromatic rings. The molecule has 0 saturated carbocycles. The molecule has 3 heterocycles. The van der Waals surface area contributed by atoms with Crippen LogP contribution in [-0.2, 0) is 9.16 Å². The quantitative estimate of drug-likeness (QED) is 0.600. The summed E-state index contributed by atoms with van der Waals surface area (Å²) in [6.07, 6.45) is 0.559. The largest absolute Gasteiger partial charge is 0.414 e. The number of hydrogen-bond donors (Lipinski definition) is 2. The van der Waals surface area contributed by atoms with Crippen LogP contribution in [0.5, 0.6) is 0 Å². The molecule has 0 radical (unpaired) electrons. The Morgan fingerprint density at radius 1 is 1.42 bits per heavy atom. The van der Waals surface area contributed by atoms with E-state index in [9.17, 15) is 5.11 Å². The van der Waals surface area contributed by atoms with Gasteiger partial charge in [-0.3, -0.25) is 4.57 Å². The van der Waals surface area contributed by atoms with E-state index in [4.69, 9.17) is 26.5 Å². The van der Waals surface area contributed by atoms with Crippen LogP contribution in [0, 0.1) is 0 Å². The summed E-state index contributed by atoms with van der Waals surface area (Å²) in [6.45, 7) is 11.3. The summed E-state index contributed by atoms with van der Waals surface area (Å²) >= 11 is 6.07. The van der Waals surface area contributed by atoms with E-state index in [-0.39, 0.29) is 16.1 Å². The zero-order valence-corrected chi connectivity index (χ0v) is 17.5. The molecule has 0 unspecified atom stereocenters. The molecule has 10 heteroatoms. The maximum atomic E-state index is 10.4. The molecule has 2 aromatic heterocycles. The number of halogens is 1. The van der Waals surface area contributed by atoms with E-state index < -0.39 is 26.8 Å². The Bertz CT molecular complexity index is 807. The van der Waals surface area contributed by atoms with Gasteiger partial charge in [0.05, 0.1) is 19.0 Å². The van der Waals surface area contributed by atoms with Crippen LogP contribution in [0.4, 0.5) is 5.95 Å². The van der Waals surface area contributed by atoms with Gasteiger partial charge in [-0.15, -0.1) is 0 Å². The van der Waals surface area contributed by atoms with E-state index in [2.05, 4.69) is 48.8 Å². The summed E-state index contributed by atoms with van der Waals surface area (Å²) in [5.74, 6) is 0.0700. The van der Waals surface area contributed by atoms with Gasteiger partial charge in [0, 0.05) is 6.42 Å². The minimum atomic E-state index is -1.91. The van der Waals surface area contributed by atoms with Crippen molar-refractivity contribution in [2.45, 2.75) is 63.8 Å². The van der Waals surface area contributed by atoms with E-state index in [1.54, 1.807) is 10.9 Å². The number of ether oxygens (including phenoxy) is 1. The van der Waals surface area contributed by atoms with Gasteiger partial charge in [0.25, 0.3) is 0 Å². The van der Waals surface area contributed by atoms with Crippen molar-refractivity contribution in [3.63, 3.8) is 0 Å². The lowest BCUT2D eigenvalue weighted by Gasteiger charge is -2.37. The fraction of sp³-hybridized carbons (Fsp3) is 0.688. The van der Waals surface area contributed by atoms with E-state index in [0.29, 0.717) is 24.2 Å². The van der Waals surface area contributed by atoms with Crippen LogP contribution in [0.1, 0.15) is 33.4 Å². The van der Waals surface area contributed by atoms with Gasteiger partial charge in [-0.05, 0) is 18.1 Å². The zero-order valence-electron chi connectivity index (χ0n) is 15.7. The van der Waals surface area contributed by atoms with E-state index in [0.717, 1.165) is 0 Å². The number of fused-ring (bicyclic) bond motifs is 1. The van der Waals surface area contributed by atoms with Crippen LogP contribution >= 0.6 is 11.6 Å². The van der Waals surface area contributed by atoms with Crippen molar-refractivity contribution in [2.24, 2.45) is 0 Å². The Balaban J connectivity index is 1.75. The van der Waals surface area contributed by atoms with E-state index in [1.807, 2.05) is 0 Å². The lowest BCUT2D eigenvalue weighted by molar-refractivity contribution is -0.0405. The van der Waals surface area contributed by atoms with Crippen LogP contribution in [0.2, 0.25) is 23.3 Å². The normalized spacial score (nSPS) is 24.5. The predicted octanol–water partition coefficient (Wildman–Crippen LogP) is 2.73. The van der Waals surface area contributed by atoms with Crippen molar-refractivity contribution in [1.29, 1.82) is 0 Å². The molecule has 3 atom stereocenters. The highest BCUT2D eigenvalue weighted by Gasteiger charge is 2.41. The highest BCUT2D eigenvalue weighted by molar-refractivity contribution is 6.74. The molecule has 144 valence electrons. The van der Waals surface area contributed by atoms with Crippen molar-refractivity contribution in [3.8, 4) is 0 Å². The predicted molar refractivity (Wildman–Crippen MR) is 102 cm³/mol. The van der Waals surface area contributed by atoms with Gasteiger partial charge in [0.2, 0.25) is 5.95 Å². The fourth-order valence-corrected chi connectivity index (χ4v) is 3.89. The summed E-state index contributed by atoms with van der Waals surface area (Å²) in [5.41, 5.74) is 6.64. The number of rotatable bonds is 4. The first-order valence-electron chi connectivity index (χ1n) is 8.62. The third-order valence-electron chi connectivity index (χ3n) is 5.33. The van der Waals surface area contributed by atoms with Gasteiger partial charge in [0.15, 0.2) is 19.1 Å². The van der Waals surface area contributed by atoms with Gasteiger partial charge in [0.1, 0.15) is 17.8 Å². The number of aliphatic hydroxyl groups is 1. The van der Waals surface area contributed by atoms with Crippen molar-refractivity contribution in [3.05, 3.63) is 11.5 Å².